The first-order valence-electron chi connectivity index (χ1n) is 6.35. The Balaban J connectivity index is 2.36. The van der Waals surface area contributed by atoms with Gasteiger partial charge in [0.1, 0.15) is 5.60 Å². The lowest BCUT2D eigenvalue weighted by atomic mass is 9.97. The molecule has 1 rings (SSSR count). The lowest BCUT2D eigenvalue weighted by Gasteiger charge is -2.26. The highest BCUT2D eigenvalue weighted by Gasteiger charge is 2.39. The molecule has 18 heavy (non-hydrogen) atoms. The Morgan fingerprint density at radius 2 is 2.06 bits per heavy atom. The summed E-state index contributed by atoms with van der Waals surface area (Å²) in [7, 11) is -3.10. The Bertz CT molecular complexity index is 374. The van der Waals surface area contributed by atoms with Crippen LogP contribution in [0.1, 0.15) is 34.1 Å². The molecule has 2 atom stereocenters. The summed E-state index contributed by atoms with van der Waals surface area (Å²) in [6.45, 7) is 8.21. The van der Waals surface area contributed by atoms with Crippen LogP contribution in [0, 0.1) is 0 Å². The van der Waals surface area contributed by atoms with Crippen LogP contribution in [0.5, 0.6) is 0 Å². The maximum atomic E-state index is 11.9. The first-order chi connectivity index (χ1) is 8.08. The minimum absolute atomic E-state index is 0.0851. The molecule has 1 fully saturated rings. The van der Waals surface area contributed by atoms with Crippen LogP contribution in [-0.4, -0.2) is 55.4 Å². The largest absolute Gasteiger partial charge is 0.386 e. The molecule has 1 heterocycles. The van der Waals surface area contributed by atoms with E-state index < -0.39 is 20.2 Å². The zero-order valence-electron chi connectivity index (χ0n) is 11.7. The van der Waals surface area contributed by atoms with Gasteiger partial charge < -0.3 is 15.2 Å². The third-order valence-electron chi connectivity index (χ3n) is 3.57. The molecule has 0 spiro atoms. The van der Waals surface area contributed by atoms with Crippen molar-refractivity contribution in [3.05, 3.63) is 0 Å². The van der Waals surface area contributed by atoms with Gasteiger partial charge in [-0.25, -0.2) is 8.42 Å². The number of hydrogen-bond acceptors (Lipinski definition) is 5. The number of ether oxygens (including phenoxy) is 1. The quantitative estimate of drug-likeness (QED) is 0.709. The van der Waals surface area contributed by atoms with Crippen molar-refractivity contribution >= 4 is 9.84 Å². The molecule has 108 valence electrons. The van der Waals surface area contributed by atoms with Crippen molar-refractivity contribution in [3.63, 3.8) is 0 Å². The van der Waals surface area contributed by atoms with Crippen LogP contribution in [-0.2, 0) is 14.6 Å². The molecule has 2 N–H and O–H groups in total. The van der Waals surface area contributed by atoms with Crippen LogP contribution < -0.4 is 5.32 Å². The Morgan fingerprint density at radius 1 is 1.44 bits per heavy atom. The number of sulfone groups is 1. The van der Waals surface area contributed by atoms with Crippen LogP contribution in [0.4, 0.5) is 0 Å². The van der Waals surface area contributed by atoms with Crippen molar-refractivity contribution in [1.82, 2.24) is 5.32 Å². The summed E-state index contributed by atoms with van der Waals surface area (Å²) in [6, 6.07) is 0. The van der Waals surface area contributed by atoms with E-state index in [1.807, 2.05) is 6.92 Å². The second-order valence-corrected chi connectivity index (χ2v) is 8.84. The van der Waals surface area contributed by atoms with Crippen LogP contribution in [0.25, 0.3) is 0 Å². The summed E-state index contributed by atoms with van der Waals surface area (Å²) in [5, 5.41) is 13.2. The van der Waals surface area contributed by atoms with E-state index in [0.29, 0.717) is 26.1 Å². The molecule has 0 amide bonds. The lowest BCUT2D eigenvalue weighted by Crippen LogP contribution is -2.47. The smallest absolute Gasteiger partial charge is 0.156 e. The highest BCUT2D eigenvalue weighted by molar-refractivity contribution is 7.92. The van der Waals surface area contributed by atoms with Gasteiger partial charge in [-0.3, -0.25) is 0 Å². The summed E-state index contributed by atoms with van der Waals surface area (Å²) in [6.07, 6.45) is 0.386. The van der Waals surface area contributed by atoms with Crippen molar-refractivity contribution in [2.75, 3.05) is 25.4 Å². The average Bonchev–Trinajstić information content (AvgIpc) is 2.53. The van der Waals surface area contributed by atoms with Gasteiger partial charge in [0.15, 0.2) is 9.84 Å². The standard InChI is InChI=1S/C12H25NO4S/c1-10-12(14,5-7-17-10)9-13-6-8-18(15,16)11(2,3)4/h10,13-14H,5-9H2,1-4H3. The van der Waals surface area contributed by atoms with E-state index in [-0.39, 0.29) is 11.9 Å². The Hall–Kier alpha value is -0.170. The molecule has 0 aromatic heterocycles. The second-order valence-electron chi connectivity index (χ2n) is 5.97. The van der Waals surface area contributed by atoms with Crippen LogP contribution in [0.15, 0.2) is 0 Å². The molecular formula is C12H25NO4S. The molecule has 6 heteroatoms. The van der Waals surface area contributed by atoms with Crippen molar-refractivity contribution in [2.45, 2.75) is 50.6 Å². The molecule has 2 unspecified atom stereocenters. The lowest BCUT2D eigenvalue weighted by molar-refractivity contribution is -0.0257. The van der Waals surface area contributed by atoms with Gasteiger partial charge in [0.2, 0.25) is 0 Å². The number of hydrogen-bond donors (Lipinski definition) is 2. The molecule has 1 aliphatic rings. The molecule has 0 radical (unpaired) electrons. The maximum absolute atomic E-state index is 11.9. The van der Waals surface area contributed by atoms with Gasteiger partial charge >= 0.3 is 0 Å². The van der Waals surface area contributed by atoms with E-state index in [2.05, 4.69) is 5.32 Å². The molecule has 1 saturated heterocycles. The van der Waals surface area contributed by atoms with Gasteiger partial charge in [0.25, 0.3) is 0 Å². The van der Waals surface area contributed by atoms with Crippen molar-refractivity contribution in [1.29, 1.82) is 0 Å². The summed E-state index contributed by atoms with van der Waals surface area (Å²) in [4.78, 5) is 0. The normalized spacial score (nSPS) is 29.7. The van der Waals surface area contributed by atoms with E-state index in [1.54, 1.807) is 20.8 Å². The fraction of sp³-hybridized carbons (Fsp3) is 1.00. The van der Waals surface area contributed by atoms with Crippen LogP contribution in [0.3, 0.4) is 0 Å². The summed E-state index contributed by atoms with van der Waals surface area (Å²) < 4.78 is 28.3. The number of nitrogens with one attached hydrogen (secondary N) is 1. The van der Waals surface area contributed by atoms with E-state index in [0.717, 1.165) is 0 Å². The predicted octanol–water partition coefficient (Wildman–Crippen LogP) is 0.329. The van der Waals surface area contributed by atoms with E-state index in [4.69, 9.17) is 4.74 Å². The highest BCUT2D eigenvalue weighted by atomic mass is 32.2. The van der Waals surface area contributed by atoms with Crippen molar-refractivity contribution < 1.29 is 18.3 Å². The first-order valence-corrected chi connectivity index (χ1v) is 8.01. The number of aliphatic hydroxyl groups is 1. The van der Waals surface area contributed by atoms with E-state index in [1.165, 1.54) is 0 Å². The average molecular weight is 279 g/mol. The Kier molecular flexibility index (Phi) is 4.81. The van der Waals surface area contributed by atoms with Crippen molar-refractivity contribution in [3.8, 4) is 0 Å². The molecule has 1 aliphatic heterocycles. The highest BCUT2D eigenvalue weighted by Crippen LogP contribution is 2.24. The SMILES string of the molecule is CC1OCCC1(O)CNCCS(=O)(=O)C(C)(C)C. The molecule has 5 nitrogen and oxygen atoms in total. The van der Waals surface area contributed by atoms with Gasteiger partial charge in [-0.2, -0.15) is 0 Å². The van der Waals surface area contributed by atoms with Gasteiger partial charge in [0.05, 0.1) is 16.6 Å². The van der Waals surface area contributed by atoms with Crippen LogP contribution >= 0.6 is 0 Å². The maximum Gasteiger partial charge on any atom is 0.156 e. The Morgan fingerprint density at radius 3 is 2.50 bits per heavy atom. The van der Waals surface area contributed by atoms with Gasteiger partial charge in [-0.05, 0) is 27.7 Å². The second kappa shape index (κ2) is 5.45. The third kappa shape index (κ3) is 3.66. The summed E-state index contributed by atoms with van der Waals surface area (Å²) in [5.41, 5.74) is -0.870. The predicted molar refractivity (Wildman–Crippen MR) is 71.4 cm³/mol. The zero-order valence-corrected chi connectivity index (χ0v) is 12.5. The molecule has 0 bridgehead atoms. The van der Waals surface area contributed by atoms with Crippen LogP contribution in [0.2, 0.25) is 0 Å². The van der Waals surface area contributed by atoms with Gasteiger partial charge in [0, 0.05) is 26.1 Å². The first kappa shape index (κ1) is 15.9. The zero-order chi connectivity index (χ0) is 14.0. The van der Waals surface area contributed by atoms with Gasteiger partial charge in [-0.15, -0.1) is 0 Å². The third-order valence-corrected chi connectivity index (χ3v) is 6.18. The fourth-order valence-electron chi connectivity index (χ4n) is 1.82. The minimum atomic E-state index is -3.10. The van der Waals surface area contributed by atoms with Crippen molar-refractivity contribution in [2.24, 2.45) is 0 Å². The fourth-order valence-corrected chi connectivity index (χ4v) is 2.85. The minimum Gasteiger partial charge on any atom is -0.386 e. The molecule has 0 saturated carbocycles. The molecule has 0 aromatic rings. The Labute approximate surface area is 110 Å². The molecule has 0 aromatic carbocycles. The molecular weight excluding hydrogens is 254 g/mol. The topological polar surface area (TPSA) is 75.6 Å². The summed E-state index contributed by atoms with van der Waals surface area (Å²) in [5.74, 6) is 0.0851. The monoisotopic (exact) mass is 279 g/mol. The number of rotatable bonds is 5. The van der Waals surface area contributed by atoms with Gasteiger partial charge in [-0.1, -0.05) is 0 Å². The molecule has 0 aliphatic carbocycles. The summed E-state index contributed by atoms with van der Waals surface area (Å²) >= 11 is 0. The van der Waals surface area contributed by atoms with E-state index in [9.17, 15) is 13.5 Å². The van der Waals surface area contributed by atoms with E-state index >= 15 is 0 Å².